The van der Waals surface area contributed by atoms with E-state index in [-0.39, 0.29) is 11.9 Å². The van der Waals surface area contributed by atoms with Crippen molar-refractivity contribution >= 4 is 28.3 Å². The number of hydrogen-bond acceptors (Lipinski definition) is 6. The summed E-state index contributed by atoms with van der Waals surface area (Å²) in [7, 11) is 2.92. The summed E-state index contributed by atoms with van der Waals surface area (Å²) < 4.78 is 4.63. The molecule has 17 heavy (non-hydrogen) atoms. The van der Waals surface area contributed by atoms with Crippen molar-refractivity contribution in [1.29, 1.82) is 0 Å². The summed E-state index contributed by atoms with van der Waals surface area (Å²) >= 11 is 1.22. The Balaban J connectivity index is 2.56. The summed E-state index contributed by atoms with van der Waals surface area (Å²) in [5.74, 6) is -0.432. The second kappa shape index (κ2) is 6.19. The fourth-order valence-electron chi connectivity index (χ4n) is 1.16. The number of rotatable bonds is 5. The van der Waals surface area contributed by atoms with Gasteiger partial charge in [-0.2, -0.15) is 0 Å². The molecule has 0 aliphatic carbocycles. The maximum absolute atomic E-state index is 11.3. The number of nitrogens with one attached hydrogen (secondary N) is 2. The maximum Gasteiger partial charge on any atom is 0.350 e. The molecule has 1 amide bonds. The molecule has 0 atom stereocenters. The molecule has 94 valence electrons. The number of amides is 1. The summed E-state index contributed by atoms with van der Waals surface area (Å²) in [4.78, 5) is 27.0. The van der Waals surface area contributed by atoms with E-state index in [1.165, 1.54) is 18.4 Å². The van der Waals surface area contributed by atoms with Gasteiger partial charge >= 0.3 is 5.97 Å². The summed E-state index contributed by atoms with van der Waals surface area (Å²) in [5, 5.41) is 6.13. The molecule has 0 saturated carbocycles. The van der Waals surface area contributed by atoms with E-state index >= 15 is 0 Å². The number of hydrogen-bond donors (Lipinski definition) is 2. The van der Waals surface area contributed by atoms with Crippen LogP contribution in [0.1, 0.15) is 21.8 Å². The lowest BCUT2D eigenvalue weighted by atomic mass is 10.4. The van der Waals surface area contributed by atoms with Crippen molar-refractivity contribution in [3.63, 3.8) is 0 Å². The van der Waals surface area contributed by atoms with E-state index in [1.54, 1.807) is 14.0 Å². The molecule has 0 spiro atoms. The van der Waals surface area contributed by atoms with Crippen LogP contribution in [0.25, 0.3) is 0 Å². The lowest BCUT2D eigenvalue weighted by molar-refractivity contribution is -0.120. The molecule has 6 nitrogen and oxygen atoms in total. The third kappa shape index (κ3) is 3.70. The summed E-state index contributed by atoms with van der Waals surface area (Å²) in [6.45, 7) is 2.22. The zero-order valence-corrected chi connectivity index (χ0v) is 10.8. The third-order valence-electron chi connectivity index (χ3n) is 2.07. The smallest absolute Gasteiger partial charge is 0.350 e. The van der Waals surface area contributed by atoms with Crippen molar-refractivity contribution in [3.8, 4) is 0 Å². The Morgan fingerprint density at radius 3 is 2.76 bits per heavy atom. The van der Waals surface area contributed by atoms with E-state index in [4.69, 9.17) is 0 Å². The Morgan fingerprint density at radius 1 is 1.47 bits per heavy atom. The summed E-state index contributed by atoms with van der Waals surface area (Å²) in [6.07, 6.45) is 0.364. The highest BCUT2D eigenvalue weighted by Gasteiger charge is 2.15. The van der Waals surface area contributed by atoms with Gasteiger partial charge in [0, 0.05) is 20.0 Å². The highest BCUT2D eigenvalue weighted by Crippen LogP contribution is 2.22. The fraction of sp³-hybridized carbons (Fsp3) is 0.500. The summed E-state index contributed by atoms with van der Waals surface area (Å²) in [5.41, 5.74) is 0.629. The van der Waals surface area contributed by atoms with E-state index < -0.39 is 0 Å². The fourth-order valence-corrected chi connectivity index (χ4v) is 2.07. The van der Waals surface area contributed by atoms with Crippen LogP contribution in [0.2, 0.25) is 0 Å². The molecule has 0 bridgehead atoms. The van der Waals surface area contributed by atoms with Gasteiger partial charge < -0.3 is 15.4 Å². The minimum atomic E-state index is -0.389. The third-order valence-corrected chi connectivity index (χ3v) is 3.17. The van der Waals surface area contributed by atoms with Crippen LogP contribution in [0.4, 0.5) is 5.13 Å². The van der Waals surface area contributed by atoms with Crippen LogP contribution in [-0.4, -0.2) is 37.6 Å². The molecular formula is C10H15N3O3S. The first-order chi connectivity index (χ1) is 8.08. The van der Waals surface area contributed by atoms with Gasteiger partial charge in [0.15, 0.2) is 5.13 Å². The normalized spacial score (nSPS) is 9.82. The van der Waals surface area contributed by atoms with Gasteiger partial charge in [0.05, 0.1) is 12.8 Å². The van der Waals surface area contributed by atoms with Gasteiger partial charge in [-0.3, -0.25) is 4.79 Å². The molecule has 2 N–H and O–H groups in total. The zero-order chi connectivity index (χ0) is 12.8. The molecule has 0 aromatic carbocycles. The Hall–Kier alpha value is -1.63. The standard InChI is InChI=1S/C10H15N3O3S/c1-6-8(9(15)16-3)17-10(13-6)12-5-4-7(14)11-2/h4-5H2,1-3H3,(H,11,14)(H,12,13). The predicted octanol–water partition coefficient (Wildman–Crippen LogP) is 0.786. The number of methoxy groups -OCH3 is 1. The van der Waals surface area contributed by atoms with Crippen molar-refractivity contribution in [2.75, 3.05) is 26.0 Å². The van der Waals surface area contributed by atoms with Crippen LogP contribution in [0.15, 0.2) is 0 Å². The Bertz CT molecular complexity index is 417. The van der Waals surface area contributed by atoms with Crippen LogP contribution in [0.3, 0.4) is 0 Å². The molecule has 1 heterocycles. The molecule has 0 radical (unpaired) electrons. The van der Waals surface area contributed by atoms with Gasteiger partial charge in [0.1, 0.15) is 4.88 Å². The molecule has 1 rings (SSSR count). The SMILES string of the molecule is CNC(=O)CCNc1nc(C)c(C(=O)OC)s1. The zero-order valence-electron chi connectivity index (χ0n) is 9.99. The molecule has 1 aromatic heterocycles. The van der Waals surface area contributed by atoms with Crippen LogP contribution < -0.4 is 10.6 Å². The van der Waals surface area contributed by atoms with Gasteiger partial charge in [-0.1, -0.05) is 11.3 Å². The molecule has 1 aromatic rings. The highest BCUT2D eigenvalue weighted by atomic mass is 32.1. The number of aromatic nitrogens is 1. The highest BCUT2D eigenvalue weighted by molar-refractivity contribution is 7.17. The van der Waals surface area contributed by atoms with Gasteiger partial charge in [-0.05, 0) is 6.92 Å². The lowest BCUT2D eigenvalue weighted by Crippen LogP contribution is -2.20. The first kappa shape index (κ1) is 13.4. The van der Waals surface area contributed by atoms with Crippen molar-refractivity contribution < 1.29 is 14.3 Å². The number of carbonyl (C=O) groups is 2. The largest absolute Gasteiger partial charge is 0.465 e. The molecule has 0 unspecified atom stereocenters. The quantitative estimate of drug-likeness (QED) is 0.762. The number of nitrogens with zero attached hydrogens (tertiary/aromatic N) is 1. The number of aryl methyl sites for hydroxylation is 1. The van der Waals surface area contributed by atoms with Gasteiger partial charge in [0.2, 0.25) is 5.91 Å². The van der Waals surface area contributed by atoms with Crippen LogP contribution in [0.5, 0.6) is 0 Å². The van der Waals surface area contributed by atoms with Crippen LogP contribution >= 0.6 is 11.3 Å². The first-order valence-electron chi connectivity index (χ1n) is 5.08. The molecule has 0 saturated heterocycles. The second-order valence-electron chi connectivity index (χ2n) is 3.28. The minimum absolute atomic E-state index is 0.0426. The number of ether oxygens (including phenoxy) is 1. The van der Waals surface area contributed by atoms with E-state index in [2.05, 4.69) is 20.4 Å². The lowest BCUT2D eigenvalue weighted by Gasteiger charge is -2.00. The van der Waals surface area contributed by atoms with E-state index in [1.807, 2.05) is 0 Å². The number of anilines is 1. The minimum Gasteiger partial charge on any atom is -0.465 e. The van der Waals surface area contributed by atoms with Crippen LogP contribution in [0, 0.1) is 6.92 Å². The van der Waals surface area contributed by atoms with Crippen molar-refractivity contribution in [2.24, 2.45) is 0 Å². The monoisotopic (exact) mass is 257 g/mol. The molecule has 0 fully saturated rings. The van der Waals surface area contributed by atoms with E-state index in [0.717, 1.165) is 0 Å². The van der Waals surface area contributed by atoms with E-state index in [0.29, 0.717) is 28.7 Å². The second-order valence-corrected chi connectivity index (χ2v) is 4.27. The molecule has 7 heteroatoms. The molecule has 0 aliphatic rings. The van der Waals surface area contributed by atoms with Gasteiger partial charge in [0.25, 0.3) is 0 Å². The number of carbonyl (C=O) groups excluding carboxylic acids is 2. The first-order valence-corrected chi connectivity index (χ1v) is 5.90. The van der Waals surface area contributed by atoms with Gasteiger partial charge in [-0.25, -0.2) is 9.78 Å². The number of esters is 1. The maximum atomic E-state index is 11.3. The average molecular weight is 257 g/mol. The van der Waals surface area contributed by atoms with Crippen molar-refractivity contribution in [3.05, 3.63) is 10.6 Å². The molecular weight excluding hydrogens is 242 g/mol. The number of thiazole rings is 1. The van der Waals surface area contributed by atoms with Gasteiger partial charge in [-0.15, -0.1) is 0 Å². The predicted molar refractivity (Wildman–Crippen MR) is 65.4 cm³/mol. The summed E-state index contributed by atoms with van der Waals surface area (Å²) in [6, 6.07) is 0. The topological polar surface area (TPSA) is 80.3 Å². The van der Waals surface area contributed by atoms with Crippen molar-refractivity contribution in [2.45, 2.75) is 13.3 Å². The van der Waals surface area contributed by atoms with E-state index in [9.17, 15) is 9.59 Å². The Labute approximate surface area is 103 Å². The average Bonchev–Trinajstić information content (AvgIpc) is 2.69. The Morgan fingerprint density at radius 2 is 2.18 bits per heavy atom. The van der Waals surface area contributed by atoms with Crippen molar-refractivity contribution in [1.82, 2.24) is 10.3 Å². The van der Waals surface area contributed by atoms with Crippen LogP contribution in [-0.2, 0) is 9.53 Å². The molecule has 0 aliphatic heterocycles. The Kier molecular flexibility index (Phi) is 4.89.